The van der Waals surface area contributed by atoms with Crippen molar-refractivity contribution in [1.29, 1.82) is 0 Å². The highest BCUT2D eigenvalue weighted by Crippen LogP contribution is 2.28. The molecule has 0 aliphatic rings. The van der Waals surface area contributed by atoms with Crippen molar-refractivity contribution in [3.05, 3.63) is 23.2 Å². The molecular formula is C10H12ClNO2S. The first-order valence-corrected chi connectivity index (χ1v) is 5.85. The molecule has 0 amide bonds. The third-order valence-corrected chi connectivity index (χ3v) is 3.18. The molecule has 1 rings (SSSR count). The second-order valence-corrected chi connectivity index (χ2v) is 4.60. The Labute approximate surface area is 97.6 Å². The minimum Gasteiger partial charge on any atom is -0.481 e. The number of nitrogens with two attached hydrogens (primary N) is 1. The molecule has 0 aromatic heterocycles. The molecule has 3 N–H and O–H groups in total. The van der Waals surface area contributed by atoms with Crippen LogP contribution in [0.1, 0.15) is 12.8 Å². The van der Waals surface area contributed by atoms with Gasteiger partial charge in [0, 0.05) is 22.0 Å². The number of anilines is 1. The van der Waals surface area contributed by atoms with Crippen molar-refractivity contribution in [2.45, 2.75) is 17.7 Å². The van der Waals surface area contributed by atoms with Crippen LogP contribution in [0.15, 0.2) is 23.1 Å². The summed E-state index contributed by atoms with van der Waals surface area (Å²) in [6.07, 6.45) is 0.836. The van der Waals surface area contributed by atoms with Crippen LogP contribution in [-0.2, 0) is 4.79 Å². The van der Waals surface area contributed by atoms with E-state index in [0.29, 0.717) is 17.1 Å². The predicted octanol–water partition coefficient (Wildman–Crippen LogP) is 2.88. The molecule has 0 saturated carbocycles. The molecule has 0 bridgehead atoms. The number of carboxylic acid groups (broad SMARTS) is 1. The Kier molecular flexibility index (Phi) is 4.78. The lowest BCUT2D eigenvalue weighted by Crippen LogP contribution is -1.95. The molecule has 0 spiro atoms. The van der Waals surface area contributed by atoms with Crippen molar-refractivity contribution in [3.8, 4) is 0 Å². The Morgan fingerprint density at radius 3 is 2.87 bits per heavy atom. The van der Waals surface area contributed by atoms with E-state index >= 15 is 0 Å². The Morgan fingerprint density at radius 1 is 1.53 bits per heavy atom. The first kappa shape index (κ1) is 12.2. The molecule has 0 saturated heterocycles. The number of aliphatic carboxylic acids is 1. The number of thioether (sulfide) groups is 1. The van der Waals surface area contributed by atoms with Crippen LogP contribution in [0, 0.1) is 0 Å². The first-order chi connectivity index (χ1) is 7.09. The number of halogens is 1. The van der Waals surface area contributed by atoms with E-state index in [1.807, 2.05) is 6.07 Å². The van der Waals surface area contributed by atoms with E-state index in [1.54, 1.807) is 23.9 Å². The lowest BCUT2D eigenvalue weighted by molar-refractivity contribution is -0.137. The standard InChI is InChI=1S/C10H12ClNO2S/c11-7-3-4-9(8(12)6-7)15-5-1-2-10(13)14/h3-4,6H,1-2,5,12H2,(H,13,14). The summed E-state index contributed by atoms with van der Waals surface area (Å²) < 4.78 is 0. The number of carboxylic acids is 1. The molecule has 0 aliphatic carbocycles. The van der Waals surface area contributed by atoms with Gasteiger partial charge in [-0.15, -0.1) is 11.8 Å². The van der Waals surface area contributed by atoms with Gasteiger partial charge in [0.1, 0.15) is 0 Å². The molecule has 0 unspecified atom stereocenters. The molecular weight excluding hydrogens is 234 g/mol. The number of carbonyl (C=O) groups is 1. The highest BCUT2D eigenvalue weighted by Gasteiger charge is 2.02. The molecule has 0 atom stereocenters. The maximum atomic E-state index is 10.3. The van der Waals surface area contributed by atoms with Crippen molar-refractivity contribution in [2.75, 3.05) is 11.5 Å². The van der Waals surface area contributed by atoms with Crippen LogP contribution in [0.4, 0.5) is 5.69 Å². The van der Waals surface area contributed by atoms with Gasteiger partial charge >= 0.3 is 5.97 Å². The van der Waals surface area contributed by atoms with E-state index < -0.39 is 5.97 Å². The molecule has 0 fully saturated rings. The van der Waals surface area contributed by atoms with Crippen LogP contribution in [-0.4, -0.2) is 16.8 Å². The number of hydrogen-bond donors (Lipinski definition) is 2. The van der Waals surface area contributed by atoms with Gasteiger partial charge in [-0.25, -0.2) is 0 Å². The monoisotopic (exact) mass is 245 g/mol. The third-order valence-electron chi connectivity index (χ3n) is 1.76. The Balaban J connectivity index is 2.40. The number of hydrogen-bond acceptors (Lipinski definition) is 3. The van der Waals surface area contributed by atoms with E-state index in [2.05, 4.69) is 0 Å². The van der Waals surface area contributed by atoms with Gasteiger partial charge in [0.2, 0.25) is 0 Å². The second-order valence-electron chi connectivity index (χ2n) is 3.03. The molecule has 3 nitrogen and oxygen atoms in total. The fourth-order valence-electron chi connectivity index (χ4n) is 1.06. The van der Waals surface area contributed by atoms with Gasteiger partial charge in [-0.05, 0) is 30.4 Å². The van der Waals surface area contributed by atoms with Crippen molar-refractivity contribution in [1.82, 2.24) is 0 Å². The summed E-state index contributed by atoms with van der Waals surface area (Å²) in [5.74, 6) is -0.0160. The normalized spacial score (nSPS) is 10.2. The maximum absolute atomic E-state index is 10.3. The van der Waals surface area contributed by atoms with Crippen LogP contribution in [0.25, 0.3) is 0 Å². The Morgan fingerprint density at radius 2 is 2.27 bits per heavy atom. The van der Waals surface area contributed by atoms with Crippen LogP contribution in [0.2, 0.25) is 5.02 Å². The zero-order valence-electron chi connectivity index (χ0n) is 8.07. The number of rotatable bonds is 5. The minimum absolute atomic E-state index is 0.195. The molecule has 5 heteroatoms. The van der Waals surface area contributed by atoms with Crippen molar-refractivity contribution in [3.63, 3.8) is 0 Å². The average molecular weight is 246 g/mol. The SMILES string of the molecule is Nc1cc(Cl)ccc1SCCCC(=O)O. The van der Waals surface area contributed by atoms with Crippen LogP contribution >= 0.6 is 23.4 Å². The van der Waals surface area contributed by atoms with Crippen LogP contribution in [0.3, 0.4) is 0 Å². The largest absolute Gasteiger partial charge is 0.481 e. The highest BCUT2D eigenvalue weighted by atomic mass is 35.5. The number of nitrogen functional groups attached to an aromatic ring is 1. The van der Waals surface area contributed by atoms with Gasteiger partial charge in [0.15, 0.2) is 0 Å². The second kappa shape index (κ2) is 5.88. The lowest BCUT2D eigenvalue weighted by Gasteiger charge is -2.04. The van der Waals surface area contributed by atoms with E-state index in [9.17, 15) is 4.79 Å². The molecule has 0 radical (unpaired) electrons. The van der Waals surface area contributed by atoms with Gasteiger partial charge < -0.3 is 10.8 Å². The van der Waals surface area contributed by atoms with Crippen LogP contribution < -0.4 is 5.73 Å². The summed E-state index contributed by atoms with van der Waals surface area (Å²) in [6, 6.07) is 5.32. The third kappa shape index (κ3) is 4.44. The van der Waals surface area contributed by atoms with Gasteiger partial charge in [0.05, 0.1) is 0 Å². The summed E-state index contributed by atoms with van der Waals surface area (Å²) in [6.45, 7) is 0. The zero-order chi connectivity index (χ0) is 11.3. The van der Waals surface area contributed by atoms with Gasteiger partial charge in [-0.2, -0.15) is 0 Å². The Hall–Kier alpha value is -0.870. The molecule has 1 aromatic carbocycles. The number of benzene rings is 1. The summed E-state index contributed by atoms with van der Waals surface area (Å²) in [7, 11) is 0. The summed E-state index contributed by atoms with van der Waals surface area (Å²) >= 11 is 7.30. The summed E-state index contributed by atoms with van der Waals surface area (Å²) in [5.41, 5.74) is 6.38. The highest BCUT2D eigenvalue weighted by molar-refractivity contribution is 7.99. The van der Waals surface area contributed by atoms with E-state index in [4.69, 9.17) is 22.4 Å². The topological polar surface area (TPSA) is 63.3 Å². The molecule has 0 aliphatic heterocycles. The first-order valence-electron chi connectivity index (χ1n) is 4.49. The Bertz CT molecular complexity index is 357. The smallest absolute Gasteiger partial charge is 0.303 e. The summed E-state index contributed by atoms with van der Waals surface area (Å²) in [4.78, 5) is 11.2. The maximum Gasteiger partial charge on any atom is 0.303 e. The van der Waals surface area contributed by atoms with Gasteiger partial charge in [-0.1, -0.05) is 11.6 Å². The van der Waals surface area contributed by atoms with E-state index in [1.165, 1.54) is 0 Å². The van der Waals surface area contributed by atoms with Crippen molar-refractivity contribution in [2.24, 2.45) is 0 Å². The molecule has 82 valence electrons. The fraction of sp³-hybridized carbons (Fsp3) is 0.300. The molecule has 1 aromatic rings. The van der Waals surface area contributed by atoms with Crippen molar-refractivity contribution < 1.29 is 9.90 Å². The predicted molar refractivity (Wildman–Crippen MR) is 63.5 cm³/mol. The van der Waals surface area contributed by atoms with Gasteiger partial charge in [0.25, 0.3) is 0 Å². The summed E-state index contributed by atoms with van der Waals surface area (Å²) in [5, 5.41) is 9.06. The van der Waals surface area contributed by atoms with E-state index in [0.717, 1.165) is 10.6 Å². The van der Waals surface area contributed by atoms with Crippen molar-refractivity contribution >= 4 is 35.0 Å². The fourth-order valence-corrected chi connectivity index (χ4v) is 2.14. The minimum atomic E-state index is -0.764. The average Bonchev–Trinajstić information content (AvgIpc) is 2.14. The lowest BCUT2D eigenvalue weighted by atomic mass is 10.3. The van der Waals surface area contributed by atoms with Gasteiger partial charge in [-0.3, -0.25) is 4.79 Å². The quantitative estimate of drug-likeness (QED) is 0.476. The molecule has 15 heavy (non-hydrogen) atoms. The van der Waals surface area contributed by atoms with Crippen LogP contribution in [0.5, 0.6) is 0 Å². The zero-order valence-corrected chi connectivity index (χ0v) is 9.64. The van der Waals surface area contributed by atoms with E-state index in [-0.39, 0.29) is 6.42 Å². The molecule has 0 heterocycles.